The van der Waals surface area contributed by atoms with E-state index in [4.69, 9.17) is 4.43 Å². The molecule has 1 unspecified atom stereocenters. The predicted molar refractivity (Wildman–Crippen MR) is 78.8 cm³/mol. The molecule has 0 aliphatic carbocycles. The SMILES string of the molecule is CCCC(S)CCC[Si](C)(C)OCN(C)C. The Bertz CT molecular complexity index is 176. The fourth-order valence-electron chi connectivity index (χ4n) is 1.62. The number of rotatable bonds is 9. The van der Waals surface area contributed by atoms with Crippen molar-refractivity contribution in [3.8, 4) is 0 Å². The molecule has 0 aromatic rings. The Morgan fingerprint density at radius 1 is 1.25 bits per heavy atom. The van der Waals surface area contributed by atoms with Crippen LogP contribution in [0.1, 0.15) is 32.6 Å². The smallest absolute Gasteiger partial charge is 0.188 e. The van der Waals surface area contributed by atoms with Crippen molar-refractivity contribution in [2.24, 2.45) is 0 Å². The summed E-state index contributed by atoms with van der Waals surface area (Å²) >= 11 is 4.59. The van der Waals surface area contributed by atoms with Gasteiger partial charge in [0.1, 0.15) is 0 Å². The molecular formula is C12H29NOSSi. The van der Waals surface area contributed by atoms with E-state index in [1.54, 1.807) is 0 Å². The van der Waals surface area contributed by atoms with Gasteiger partial charge in [0.2, 0.25) is 0 Å². The summed E-state index contributed by atoms with van der Waals surface area (Å²) in [4.78, 5) is 2.09. The van der Waals surface area contributed by atoms with Gasteiger partial charge in [-0.2, -0.15) is 12.6 Å². The van der Waals surface area contributed by atoms with E-state index in [-0.39, 0.29) is 0 Å². The van der Waals surface area contributed by atoms with Crippen LogP contribution in [-0.2, 0) is 4.43 Å². The van der Waals surface area contributed by atoms with Gasteiger partial charge in [0.25, 0.3) is 0 Å². The molecule has 0 spiro atoms. The highest BCUT2D eigenvalue weighted by molar-refractivity contribution is 7.80. The second-order valence-corrected chi connectivity index (χ2v) is 10.5. The molecule has 0 aromatic carbocycles. The average Bonchev–Trinajstić information content (AvgIpc) is 2.15. The first kappa shape index (κ1) is 16.5. The molecule has 1 atom stereocenters. The second kappa shape index (κ2) is 8.56. The maximum atomic E-state index is 5.97. The molecule has 0 fully saturated rings. The molecule has 0 aliphatic rings. The van der Waals surface area contributed by atoms with E-state index < -0.39 is 8.32 Å². The minimum atomic E-state index is -1.43. The molecule has 0 amide bonds. The van der Waals surface area contributed by atoms with Gasteiger partial charge in [-0.05, 0) is 46.1 Å². The van der Waals surface area contributed by atoms with Crippen LogP contribution < -0.4 is 0 Å². The van der Waals surface area contributed by atoms with Crippen LogP contribution in [0.4, 0.5) is 0 Å². The zero-order valence-corrected chi connectivity index (χ0v) is 13.5. The standard InChI is InChI=1S/C12H29NOSSi/c1-6-8-12(15)9-7-10-16(4,5)14-11-13(2)3/h12,15H,6-11H2,1-5H3. The first-order valence-corrected chi connectivity index (χ1v) is 9.97. The van der Waals surface area contributed by atoms with Crippen LogP contribution in [0.3, 0.4) is 0 Å². The summed E-state index contributed by atoms with van der Waals surface area (Å²) in [6.07, 6.45) is 4.98. The molecular weight excluding hydrogens is 234 g/mol. The number of hydrogen-bond donors (Lipinski definition) is 1. The number of thiol groups is 1. The zero-order chi connectivity index (χ0) is 12.6. The van der Waals surface area contributed by atoms with E-state index in [1.165, 1.54) is 31.7 Å². The Labute approximate surface area is 108 Å². The maximum absolute atomic E-state index is 5.97. The van der Waals surface area contributed by atoms with E-state index in [0.717, 1.165) is 6.73 Å². The van der Waals surface area contributed by atoms with Crippen LogP contribution in [-0.4, -0.2) is 39.3 Å². The van der Waals surface area contributed by atoms with E-state index in [2.05, 4.69) is 51.6 Å². The Balaban J connectivity index is 3.64. The summed E-state index contributed by atoms with van der Waals surface area (Å²) in [6.45, 7) is 7.61. The minimum absolute atomic E-state index is 0.587. The van der Waals surface area contributed by atoms with Crippen LogP contribution in [0.25, 0.3) is 0 Å². The Morgan fingerprint density at radius 2 is 1.88 bits per heavy atom. The molecule has 0 heterocycles. The second-order valence-electron chi connectivity index (χ2n) is 5.45. The van der Waals surface area contributed by atoms with Crippen molar-refractivity contribution in [2.45, 2.75) is 57.0 Å². The molecule has 98 valence electrons. The summed E-state index contributed by atoms with van der Waals surface area (Å²) in [7, 11) is 2.67. The molecule has 2 nitrogen and oxygen atoms in total. The molecule has 16 heavy (non-hydrogen) atoms. The van der Waals surface area contributed by atoms with E-state index in [9.17, 15) is 0 Å². The van der Waals surface area contributed by atoms with Crippen molar-refractivity contribution in [3.05, 3.63) is 0 Å². The molecule has 0 aliphatic heterocycles. The quantitative estimate of drug-likeness (QED) is 0.388. The number of hydrogen-bond acceptors (Lipinski definition) is 3. The van der Waals surface area contributed by atoms with Crippen molar-refractivity contribution in [2.75, 3.05) is 20.8 Å². The molecule has 0 bridgehead atoms. The van der Waals surface area contributed by atoms with Gasteiger partial charge in [-0.1, -0.05) is 19.8 Å². The highest BCUT2D eigenvalue weighted by Crippen LogP contribution is 2.19. The van der Waals surface area contributed by atoms with Crippen LogP contribution >= 0.6 is 12.6 Å². The first-order valence-electron chi connectivity index (χ1n) is 6.34. The average molecular weight is 264 g/mol. The van der Waals surface area contributed by atoms with E-state index >= 15 is 0 Å². The van der Waals surface area contributed by atoms with Gasteiger partial charge < -0.3 is 4.43 Å². The molecule has 0 radical (unpaired) electrons. The summed E-state index contributed by atoms with van der Waals surface area (Å²) in [5.41, 5.74) is 0. The normalized spacial score (nSPS) is 14.4. The van der Waals surface area contributed by atoms with Crippen molar-refractivity contribution in [3.63, 3.8) is 0 Å². The van der Waals surface area contributed by atoms with Crippen molar-refractivity contribution >= 4 is 20.9 Å². The van der Waals surface area contributed by atoms with Gasteiger partial charge in [0.15, 0.2) is 8.32 Å². The van der Waals surface area contributed by atoms with Gasteiger partial charge in [-0.3, -0.25) is 4.90 Å². The third-order valence-electron chi connectivity index (χ3n) is 2.65. The van der Waals surface area contributed by atoms with E-state index in [0.29, 0.717) is 5.25 Å². The monoisotopic (exact) mass is 263 g/mol. The van der Waals surface area contributed by atoms with Crippen LogP contribution in [0.15, 0.2) is 0 Å². The highest BCUT2D eigenvalue weighted by atomic mass is 32.1. The molecule has 0 aromatic heterocycles. The Hall–Kier alpha value is 0.487. The lowest BCUT2D eigenvalue weighted by Gasteiger charge is -2.25. The third-order valence-corrected chi connectivity index (χ3v) is 5.64. The van der Waals surface area contributed by atoms with Crippen molar-refractivity contribution < 1.29 is 4.43 Å². The van der Waals surface area contributed by atoms with Crippen LogP contribution in [0.5, 0.6) is 0 Å². The molecule has 0 saturated carbocycles. The topological polar surface area (TPSA) is 12.5 Å². The molecule has 0 rings (SSSR count). The van der Waals surface area contributed by atoms with Crippen LogP contribution in [0.2, 0.25) is 19.1 Å². The van der Waals surface area contributed by atoms with Crippen molar-refractivity contribution in [1.82, 2.24) is 4.90 Å². The summed E-state index contributed by atoms with van der Waals surface area (Å²) in [5.74, 6) is 0. The van der Waals surface area contributed by atoms with Gasteiger partial charge in [0.05, 0.1) is 6.73 Å². The fraction of sp³-hybridized carbons (Fsp3) is 1.00. The highest BCUT2D eigenvalue weighted by Gasteiger charge is 2.22. The summed E-state index contributed by atoms with van der Waals surface area (Å²) < 4.78 is 5.97. The fourth-order valence-corrected chi connectivity index (χ4v) is 3.87. The van der Waals surface area contributed by atoms with Gasteiger partial charge in [-0.25, -0.2) is 0 Å². The molecule has 4 heteroatoms. The van der Waals surface area contributed by atoms with Gasteiger partial charge in [-0.15, -0.1) is 0 Å². The summed E-state index contributed by atoms with van der Waals surface area (Å²) in [6, 6.07) is 1.25. The predicted octanol–water partition coefficient (Wildman–Crippen LogP) is 3.61. The largest absolute Gasteiger partial charge is 0.405 e. The minimum Gasteiger partial charge on any atom is -0.405 e. The first-order chi connectivity index (χ1) is 7.37. The lowest BCUT2D eigenvalue weighted by atomic mass is 10.2. The van der Waals surface area contributed by atoms with Gasteiger partial charge >= 0.3 is 0 Å². The maximum Gasteiger partial charge on any atom is 0.188 e. The van der Waals surface area contributed by atoms with E-state index in [1.807, 2.05) is 0 Å². The third kappa shape index (κ3) is 9.69. The molecule has 0 N–H and O–H groups in total. The lowest BCUT2D eigenvalue weighted by molar-refractivity contribution is 0.170. The lowest BCUT2D eigenvalue weighted by Crippen LogP contribution is -2.34. The summed E-state index contributed by atoms with van der Waals surface area (Å²) in [5, 5.41) is 0.587. The molecule has 0 saturated heterocycles. The Kier molecular flexibility index (Phi) is 8.82. The van der Waals surface area contributed by atoms with Crippen molar-refractivity contribution in [1.29, 1.82) is 0 Å². The number of nitrogens with zero attached hydrogens (tertiary/aromatic N) is 1. The zero-order valence-electron chi connectivity index (χ0n) is 11.6. The van der Waals surface area contributed by atoms with Gasteiger partial charge in [0, 0.05) is 5.25 Å². The Morgan fingerprint density at radius 3 is 2.38 bits per heavy atom. The van der Waals surface area contributed by atoms with Crippen LogP contribution in [0, 0.1) is 0 Å².